The van der Waals surface area contributed by atoms with Gasteiger partial charge in [-0.05, 0) is 24.3 Å². The minimum atomic E-state index is -0.384. The fraction of sp³-hybridized carbons (Fsp3) is 0.0714. The first-order chi connectivity index (χ1) is 8.75. The maximum absolute atomic E-state index is 11.6. The molecule has 18 heavy (non-hydrogen) atoms. The van der Waals surface area contributed by atoms with Gasteiger partial charge in [0.15, 0.2) is 11.5 Å². The molecule has 1 N–H and O–H groups in total. The Hall–Kier alpha value is -1.94. The minimum absolute atomic E-state index is 0.0319. The zero-order chi connectivity index (χ0) is 12.8. The maximum atomic E-state index is 11.6. The van der Waals surface area contributed by atoms with E-state index in [9.17, 15) is 9.90 Å². The highest BCUT2D eigenvalue weighted by Gasteiger charge is 2.08. The number of phenols is 1. The highest BCUT2D eigenvalue weighted by Crippen LogP contribution is 2.25. The van der Waals surface area contributed by atoms with Crippen molar-refractivity contribution >= 4 is 17.7 Å². The number of para-hydroxylation sites is 2. The van der Waals surface area contributed by atoms with E-state index in [0.29, 0.717) is 0 Å². The lowest BCUT2D eigenvalue weighted by molar-refractivity contribution is -0.131. The molecule has 0 saturated carbocycles. The monoisotopic (exact) mass is 260 g/mol. The highest BCUT2D eigenvalue weighted by atomic mass is 32.2. The fourth-order valence-electron chi connectivity index (χ4n) is 1.35. The van der Waals surface area contributed by atoms with Crippen LogP contribution in [0.1, 0.15) is 0 Å². The molecule has 0 unspecified atom stereocenters. The molecule has 2 aromatic carbocycles. The zero-order valence-corrected chi connectivity index (χ0v) is 10.4. The minimum Gasteiger partial charge on any atom is -0.504 e. The van der Waals surface area contributed by atoms with Gasteiger partial charge >= 0.3 is 5.97 Å². The predicted molar refractivity (Wildman–Crippen MR) is 70.9 cm³/mol. The van der Waals surface area contributed by atoms with E-state index in [2.05, 4.69) is 0 Å². The molecule has 0 radical (unpaired) electrons. The molecule has 0 aliphatic rings. The molecule has 3 nitrogen and oxygen atoms in total. The summed E-state index contributed by atoms with van der Waals surface area (Å²) in [5.74, 6) is -0.0182. The Morgan fingerprint density at radius 3 is 2.44 bits per heavy atom. The van der Waals surface area contributed by atoms with Crippen molar-refractivity contribution in [3.05, 3.63) is 54.6 Å². The summed E-state index contributed by atoms with van der Waals surface area (Å²) < 4.78 is 5.06. The first-order valence-electron chi connectivity index (χ1n) is 5.42. The molecular formula is C14H12O3S. The van der Waals surface area contributed by atoms with Crippen LogP contribution in [0.2, 0.25) is 0 Å². The van der Waals surface area contributed by atoms with E-state index < -0.39 is 0 Å². The number of thioether (sulfide) groups is 1. The Morgan fingerprint density at radius 2 is 1.72 bits per heavy atom. The van der Waals surface area contributed by atoms with Gasteiger partial charge in [0, 0.05) is 4.90 Å². The van der Waals surface area contributed by atoms with Crippen LogP contribution in [0.25, 0.3) is 0 Å². The quantitative estimate of drug-likeness (QED) is 0.521. The molecule has 0 bridgehead atoms. The molecule has 0 spiro atoms. The largest absolute Gasteiger partial charge is 0.504 e. The van der Waals surface area contributed by atoms with Crippen molar-refractivity contribution in [2.24, 2.45) is 0 Å². The van der Waals surface area contributed by atoms with Gasteiger partial charge in [-0.25, -0.2) is 0 Å². The summed E-state index contributed by atoms with van der Waals surface area (Å²) >= 11 is 1.40. The van der Waals surface area contributed by atoms with Crippen molar-refractivity contribution < 1.29 is 14.6 Å². The third kappa shape index (κ3) is 3.53. The normalized spacial score (nSPS) is 10.0. The number of phenolic OH excluding ortho intramolecular Hbond substituents is 1. The number of carbonyl (C=O) groups is 1. The molecule has 2 aromatic rings. The fourth-order valence-corrected chi connectivity index (χ4v) is 2.05. The lowest BCUT2D eigenvalue weighted by Crippen LogP contribution is -2.10. The molecule has 0 fully saturated rings. The Morgan fingerprint density at radius 1 is 1.06 bits per heavy atom. The van der Waals surface area contributed by atoms with E-state index in [1.807, 2.05) is 30.3 Å². The van der Waals surface area contributed by atoms with Crippen LogP contribution in [-0.4, -0.2) is 16.8 Å². The smallest absolute Gasteiger partial charge is 0.321 e. The average Bonchev–Trinajstić information content (AvgIpc) is 2.40. The van der Waals surface area contributed by atoms with Gasteiger partial charge in [-0.3, -0.25) is 4.79 Å². The standard InChI is InChI=1S/C14H12O3S/c15-12-8-4-5-9-13(12)17-14(16)10-18-11-6-2-1-3-7-11/h1-9,15H,10H2. The predicted octanol–water partition coefficient (Wildman–Crippen LogP) is 3.09. The Bertz CT molecular complexity index is 526. The molecule has 0 amide bonds. The number of rotatable bonds is 4. The lowest BCUT2D eigenvalue weighted by Gasteiger charge is -2.05. The molecule has 0 atom stereocenters. The van der Waals surface area contributed by atoms with Crippen molar-refractivity contribution in [3.8, 4) is 11.5 Å². The number of ether oxygens (including phenoxy) is 1. The second kappa shape index (κ2) is 6.12. The Labute approximate surface area is 109 Å². The van der Waals surface area contributed by atoms with Crippen LogP contribution in [-0.2, 0) is 4.79 Å². The summed E-state index contributed by atoms with van der Waals surface area (Å²) in [6.07, 6.45) is 0. The molecule has 4 heteroatoms. The second-order valence-corrected chi connectivity index (χ2v) is 4.59. The van der Waals surface area contributed by atoms with Crippen molar-refractivity contribution in [2.45, 2.75) is 4.90 Å². The molecule has 0 aromatic heterocycles. The maximum Gasteiger partial charge on any atom is 0.321 e. The molecule has 0 saturated heterocycles. The van der Waals surface area contributed by atoms with Crippen LogP contribution in [0, 0.1) is 0 Å². The average molecular weight is 260 g/mol. The van der Waals surface area contributed by atoms with E-state index in [0.717, 1.165) is 4.90 Å². The number of benzene rings is 2. The van der Waals surface area contributed by atoms with Gasteiger partial charge in [0.25, 0.3) is 0 Å². The SMILES string of the molecule is O=C(CSc1ccccc1)Oc1ccccc1O. The van der Waals surface area contributed by atoms with Crippen LogP contribution in [0.5, 0.6) is 11.5 Å². The van der Waals surface area contributed by atoms with Crippen LogP contribution in [0.4, 0.5) is 0 Å². The number of hydrogen-bond donors (Lipinski definition) is 1. The number of hydrogen-bond acceptors (Lipinski definition) is 4. The second-order valence-electron chi connectivity index (χ2n) is 3.54. The summed E-state index contributed by atoms with van der Waals surface area (Å²) in [5, 5.41) is 9.46. The summed E-state index contributed by atoms with van der Waals surface area (Å²) in [7, 11) is 0. The molecule has 0 aliphatic carbocycles. The van der Waals surface area contributed by atoms with E-state index in [-0.39, 0.29) is 23.2 Å². The van der Waals surface area contributed by atoms with Gasteiger partial charge in [0.2, 0.25) is 0 Å². The van der Waals surface area contributed by atoms with Gasteiger partial charge in [0.1, 0.15) is 0 Å². The number of esters is 1. The molecule has 2 rings (SSSR count). The van der Waals surface area contributed by atoms with Crippen LogP contribution >= 0.6 is 11.8 Å². The summed E-state index contributed by atoms with van der Waals surface area (Å²) in [6.45, 7) is 0. The van der Waals surface area contributed by atoms with Gasteiger partial charge in [-0.1, -0.05) is 30.3 Å². The first-order valence-corrected chi connectivity index (χ1v) is 6.41. The topological polar surface area (TPSA) is 46.5 Å². The van der Waals surface area contributed by atoms with Crippen molar-refractivity contribution in [2.75, 3.05) is 5.75 Å². The van der Waals surface area contributed by atoms with Crippen molar-refractivity contribution in [1.29, 1.82) is 0 Å². The molecular weight excluding hydrogens is 248 g/mol. The summed E-state index contributed by atoms with van der Waals surface area (Å²) in [4.78, 5) is 12.6. The third-order valence-electron chi connectivity index (χ3n) is 2.19. The number of carbonyl (C=O) groups excluding carboxylic acids is 1. The van der Waals surface area contributed by atoms with E-state index in [1.165, 1.54) is 17.8 Å². The summed E-state index contributed by atoms with van der Waals surface area (Å²) in [5.41, 5.74) is 0. The van der Waals surface area contributed by atoms with Gasteiger partial charge in [-0.15, -0.1) is 11.8 Å². The third-order valence-corrected chi connectivity index (χ3v) is 3.17. The molecule has 0 aliphatic heterocycles. The van der Waals surface area contributed by atoms with Crippen LogP contribution < -0.4 is 4.74 Å². The highest BCUT2D eigenvalue weighted by molar-refractivity contribution is 8.00. The number of aromatic hydroxyl groups is 1. The van der Waals surface area contributed by atoms with Gasteiger partial charge in [0.05, 0.1) is 5.75 Å². The van der Waals surface area contributed by atoms with Crippen LogP contribution in [0.15, 0.2) is 59.5 Å². The first kappa shape index (κ1) is 12.5. The summed E-state index contributed by atoms with van der Waals surface area (Å²) in [6, 6.07) is 16.0. The Balaban J connectivity index is 1.88. The van der Waals surface area contributed by atoms with Crippen LogP contribution in [0.3, 0.4) is 0 Å². The molecule has 0 heterocycles. The van der Waals surface area contributed by atoms with E-state index in [1.54, 1.807) is 18.2 Å². The van der Waals surface area contributed by atoms with E-state index in [4.69, 9.17) is 4.74 Å². The van der Waals surface area contributed by atoms with Gasteiger partial charge in [-0.2, -0.15) is 0 Å². The van der Waals surface area contributed by atoms with E-state index >= 15 is 0 Å². The molecule has 92 valence electrons. The van der Waals surface area contributed by atoms with Crippen molar-refractivity contribution in [1.82, 2.24) is 0 Å². The lowest BCUT2D eigenvalue weighted by atomic mass is 10.3. The van der Waals surface area contributed by atoms with Gasteiger partial charge < -0.3 is 9.84 Å². The van der Waals surface area contributed by atoms with Crippen molar-refractivity contribution in [3.63, 3.8) is 0 Å². The zero-order valence-electron chi connectivity index (χ0n) is 9.58. The Kier molecular flexibility index (Phi) is 4.25.